The zero-order valence-corrected chi connectivity index (χ0v) is 24.1. The molecule has 0 saturated carbocycles. The van der Waals surface area contributed by atoms with E-state index in [0.717, 1.165) is 12.8 Å². The fraction of sp³-hybridized carbons (Fsp3) is 0.200. The normalized spacial score (nSPS) is 15.0. The SMILES string of the molecule is CCCC[SiH2][Ti]([Cl])([Cl])([c]1cccc2c1Cc1ccccc1-2)[c]1cccc2c1Cc1ccccc1-2. The van der Waals surface area contributed by atoms with Crippen molar-refractivity contribution < 1.29 is 12.4 Å². The molecule has 4 aromatic rings. The summed E-state index contributed by atoms with van der Waals surface area (Å²) >= 11 is -4.28. The van der Waals surface area contributed by atoms with Gasteiger partial charge in [-0.3, -0.25) is 0 Å². The summed E-state index contributed by atoms with van der Waals surface area (Å²) in [5.74, 6) is 0. The van der Waals surface area contributed by atoms with Crippen molar-refractivity contribution >= 4 is 33.7 Å². The summed E-state index contributed by atoms with van der Waals surface area (Å²) in [7, 11) is 15.5. The van der Waals surface area contributed by atoms with Crippen molar-refractivity contribution in [1.29, 1.82) is 0 Å². The molecule has 6 rings (SSSR count). The van der Waals surface area contributed by atoms with Crippen LogP contribution in [0.5, 0.6) is 0 Å². The van der Waals surface area contributed by atoms with Gasteiger partial charge in [-0.15, -0.1) is 0 Å². The fourth-order valence-electron chi connectivity index (χ4n) is 6.33. The molecule has 0 fully saturated rings. The molecule has 0 heterocycles. The molecule has 0 unspecified atom stereocenters. The number of unbranched alkanes of at least 4 members (excludes halogenated alkanes) is 1. The summed E-state index contributed by atoms with van der Waals surface area (Å²) in [6.45, 7) is 2.27. The second-order valence-electron chi connectivity index (χ2n) is 9.98. The summed E-state index contributed by atoms with van der Waals surface area (Å²) in [5.41, 5.74) is 11.0. The Kier molecular flexibility index (Phi) is 5.71. The molecule has 0 radical (unpaired) electrons. The molecule has 171 valence electrons. The Bertz CT molecular complexity index is 1320. The van der Waals surface area contributed by atoms with Gasteiger partial charge < -0.3 is 0 Å². The standard InChI is InChI=1S/2C13H9.C4H11Si.2ClH.Ti/c2*1-3-7-12-10(5-1)9-11-6-2-4-8-13(11)12;1-2-3-4-5;;;/h2*1-5,7-8H,9H2;2-5H2,1H3;2*1H;/q;;;;;+2/p-2. The Morgan fingerprint density at radius 2 is 1.12 bits per heavy atom. The molecule has 4 heteroatoms. The Morgan fingerprint density at radius 3 is 1.62 bits per heavy atom. The molecule has 2 aliphatic rings. The van der Waals surface area contributed by atoms with Gasteiger partial charge in [0.2, 0.25) is 0 Å². The van der Waals surface area contributed by atoms with Gasteiger partial charge >= 0.3 is 214 Å². The monoisotopic (exact) mass is 535 g/mol. The predicted molar refractivity (Wildman–Crippen MR) is 149 cm³/mol. The van der Waals surface area contributed by atoms with E-state index in [-0.39, 0.29) is 0 Å². The van der Waals surface area contributed by atoms with Crippen LogP contribution in [0, 0.1) is 0 Å². The minimum absolute atomic E-state index is 0.761. The quantitative estimate of drug-likeness (QED) is 0.158. The molecule has 0 aliphatic heterocycles. The van der Waals surface area contributed by atoms with E-state index in [0.29, 0.717) is 0 Å². The maximum absolute atomic E-state index is 8.15. The molecule has 0 saturated heterocycles. The van der Waals surface area contributed by atoms with Gasteiger partial charge in [-0.05, 0) is 0 Å². The van der Waals surface area contributed by atoms with Crippen LogP contribution in [-0.2, 0) is 25.3 Å². The van der Waals surface area contributed by atoms with Gasteiger partial charge in [-0.1, -0.05) is 0 Å². The van der Waals surface area contributed by atoms with E-state index in [1.165, 1.54) is 71.1 Å². The number of rotatable bonds is 6. The second kappa shape index (κ2) is 8.50. The number of benzene rings is 4. The van der Waals surface area contributed by atoms with Gasteiger partial charge in [-0.2, -0.15) is 0 Å². The first-order valence-corrected chi connectivity index (χ1v) is 23.4. The average Bonchev–Trinajstić information content (AvgIpc) is 3.42. The van der Waals surface area contributed by atoms with Gasteiger partial charge in [0.15, 0.2) is 0 Å². The summed E-state index contributed by atoms with van der Waals surface area (Å²) in [6, 6.07) is 32.3. The zero-order valence-electron chi connectivity index (χ0n) is 19.6. The third kappa shape index (κ3) is 3.44. The van der Waals surface area contributed by atoms with Gasteiger partial charge in [0, 0.05) is 0 Å². The van der Waals surface area contributed by atoms with Crippen LogP contribution >= 0.6 is 18.6 Å². The second-order valence-corrected chi connectivity index (χ2v) is 36.2. The van der Waals surface area contributed by atoms with E-state index in [1.807, 2.05) is 0 Å². The molecule has 0 bridgehead atoms. The third-order valence-corrected chi connectivity index (χ3v) is 31.4. The average molecular weight is 536 g/mol. The third-order valence-electron chi connectivity index (χ3n) is 7.98. The van der Waals surface area contributed by atoms with Gasteiger partial charge in [0.25, 0.3) is 0 Å². The number of fused-ring (bicyclic) bond motifs is 6. The number of hydrogen-bond acceptors (Lipinski definition) is 0. The van der Waals surface area contributed by atoms with E-state index >= 15 is 0 Å². The van der Waals surface area contributed by atoms with Crippen LogP contribution in [0.2, 0.25) is 6.04 Å². The van der Waals surface area contributed by atoms with Gasteiger partial charge in [0.1, 0.15) is 0 Å². The van der Waals surface area contributed by atoms with E-state index in [1.54, 1.807) is 0 Å². The molecule has 0 spiro atoms. The van der Waals surface area contributed by atoms with Crippen LogP contribution in [-0.4, -0.2) is 7.39 Å². The van der Waals surface area contributed by atoms with Gasteiger partial charge in [0.05, 0.1) is 0 Å². The Balaban J connectivity index is 1.58. The molecule has 2 aliphatic carbocycles. The van der Waals surface area contributed by atoms with Crippen LogP contribution in [0.15, 0.2) is 84.9 Å². The molecule has 0 N–H and O–H groups in total. The Hall–Kier alpha value is -1.61. The molecule has 34 heavy (non-hydrogen) atoms. The van der Waals surface area contributed by atoms with Crippen molar-refractivity contribution in [3.63, 3.8) is 0 Å². The Morgan fingerprint density at radius 1 is 0.647 bits per heavy atom. The summed E-state index contributed by atoms with van der Waals surface area (Å²) in [4.78, 5) is 0. The predicted octanol–water partition coefficient (Wildman–Crippen LogP) is 7.08. The van der Waals surface area contributed by atoms with Crippen molar-refractivity contribution in [1.82, 2.24) is 0 Å². The van der Waals surface area contributed by atoms with Crippen LogP contribution in [0.3, 0.4) is 0 Å². The topological polar surface area (TPSA) is 0 Å². The van der Waals surface area contributed by atoms with E-state index in [2.05, 4.69) is 91.9 Å². The van der Waals surface area contributed by atoms with Crippen LogP contribution in [0.1, 0.15) is 42.0 Å². The van der Waals surface area contributed by atoms with Crippen LogP contribution in [0.25, 0.3) is 22.3 Å². The van der Waals surface area contributed by atoms with Crippen LogP contribution < -0.4 is 7.74 Å². The van der Waals surface area contributed by atoms with E-state index in [9.17, 15) is 0 Å². The summed E-state index contributed by atoms with van der Waals surface area (Å²) < 4.78 is 2.61. The van der Waals surface area contributed by atoms with Crippen molar-refractivity contribution in [2.75, 3.05) is 0 Å². The molecule has 0 nitrogen and oxygen atoms in total. The van der Waals surface area contributed by atoms with Crippen molar-refractivity contribution in [2.45, 2.75) is 38.7 Å². The van der Waals surface area contributed by atoms with Crippen molar-refractivity contribution in [3.05, 3.63) is 107 Å². The first kappa shape index (κ1) is 22.8. The van der Waals surface area contributed by atoms with Crippen molar-refractivity contribution in [3.8, 4) is 22.3 Å². The maximum atomic E-state index is 8.15. The van der Waals surface area contributed by atoms with E-state index < -0.39 is 19.8 Å². The molecular formula is C30H29Cl2SiTi. The fourth-order valence-corrected chi connectivity index (χ4v) is 28.1. The molecule has 0 aromatic heterocycles. The molecule has 4 aromatic carbocycles. The molecular weight excluding hydrogens is 507 g/mol. The number of hydrogen-bond donors (Lipinski definition) is 0. The van der Waals surface area contributed by atoms with Crippen LogP contribution in [0.4, 0.5) is 0 Å². The summed E-state index contributed by atoms with van der Waals surface area (Å²) in [6.07, 6.45) is 4.30. The Labute approximate surface area is 213 Å². The van der Waals surface area contributed by atoms with Crippen molar-refractivity contribution in [2.24, 2.45) is 0 Å². The molecule has 0 amide bonds. The van der Waals surface area contributed by atoms with Gasteiger partial charge in [-0.25, -0.2) is 0 Å². The summed E-state index contributed by atoms with van der Waals surface area (Å²) in [5, 5.41) is 0. The zero-order chi connectivity index (χ0) is 23.4. The van der Waals surface area contributed by atoms with E-state index in [4.69, 9.17) is 18.6 Å². The molecule has 0 atom stereocenters. The first-order chi connectivity index (χ1) is 16.5. The first-order valence-electron chi connectivity index (χ1n) is 12.5. The minimum atomic E-state index is -4.28. The number of halogens is 2.